The van der Waals surface area contributed by atoms with E-state index in [1.165, 1.54) is 31.2 Å². The van der Waals surface area contributed by atoms with Gasteiger partial charge in [-0.15, -0.1) is 5.10 Å². The number of nitrogens with zero attached hydrogens (tertiary/aromatic N) is 3. The molecule has 0 atom stereocenters. The maximum atomic E-state index is 6.00. The predicted molar refractivity (Wildman–Crippen MR) is 92.7 cm³/mol. The largest absolute Gasteiger partial charge is 0.491 e. The van der Waals surface area contributed by atoms with Crippen molar-refractivity contribution in [1.82, 2.24) is 20.4 Å². The van der Waals surface area contributed by atoms with Crippen LogP contribution in [0.4, 0.5) is 5.82 Å². The fourth-order valence-corrected chi connectivity index (χ4v) is 3.54. The van der Waals surface area contributed by atoms with E-state index in [9.17, 15) is 0 Å². The molecule has 0 bridgehead atoms. The fourth-order valence-electron chi connectivity index (χ4n) is 3.54. The number of hydrogen-bond donors (Lipinski definition) is 2. The normalized spacial score (nSPS) is 21.0. The Kier molecular flexibility index (Phi) is 4.02. The highest BCUT2D eigenvalue weighted by atomic mass is 16.5. The van der Waals surface area contributed by atoms with Gasteiger partial charge in [0.25, 0.3) is 0 Å². The van der Waals surface area contributed by atoms with Crippen LogP contribution < -0.4 is 10.5 Å². The van der Waals surface area contributed by atoms with E-state index in [1.807, 2.05) is 0 Å². The van der Waals surface area contributed by atoms with Crippen LogP contribution >= 0.6 is 0 Å². The number of nitrogen functional groups attached to an aromatic ring is 1. The number of benzene rings is 1. The first-order chi connectivity index (χ1) is 11.8. The summed E-state index contributed by atoms with van der Waals surface area (Å²) in [6.45, 7) is 0.687. The average molecular weight is 323 g/mol. The Bertz CT molecular complexity index is 809. The number of fused-ring (bicyclic) bond motifs is 1. The lowest BCUT2D eigenvalue weighted by molar-refractivity contribution is 0.201. The van der Waals surface area contributed by atoms with Crippen LogP contribution in [0.1, 0.15) is 37.2 Å². The number of nitrogens with one attached hydrogen (secondary N) is 1. The number of ether oxygens (including phenoxy) is 1. The highest BCUT2D eigenvalue weighted by Gasteiger charge is 2.23. The van der Waals surface area contributed by atoms with E-state index in [-0.39, 0.29) is 0 Å². The van der Waals surface area contributed by atoms with Gasteiger partial charge in [-0.1, -0.05) is 35.5 Å². The third kappa shape index (κ3) is 3.04. The van der Waals surface area contributed by atoms with Gasteiger partial charge in [-0.3, -0.25) is 0 Å². The molecule has 0 radical (unpaired) electrons. The van der Waals surface area contributed by atoms with Gasteiger partial charge in [-0.2, -0.15) is 0 Å². The van der Waals surface area contributed by atoms with E-state index in [4.69, 9.17) is 10.5 Å². The van der Waals surface area contributed by atoms with Crippen LogP contribution in [0.25, 0.3) is 11.2 Å². The molecule has 0 aliphatic heterocycles. The molecule has 0 spiro atoms. The molecular weight excluding hydrogens is 302 g/mol. The quantitative estimate of drug-likeness (QED) is 0.769. The van der Waals surface area contributed by atoms with Crippen molar-refractivity contribution in [2.24, 2.45) is 5.92 Å². The summed E-state index contributed by atoms with van der Waals surface area (Å²) in [4.78, 5) is 4.15. The van der Waals surface area contributed by atoms with E-state index in [0.29, 0.717) is 41.2 Å². The van der Waals surface area contributed by atoms with Crippen molar-refractivity contribution < 1.29 is 4.74 Å². The second-order valence-corrected chi connectivity index (χ2v) is 6.49. The standard InChI is InChI=1S/C18H21N5O/c19-16-10-15(17-18(20-16)22-23-21-17)24-11-12-6-8-14(9-7-12)13-4-2-1-3-5-13/h1-5,10,12,14H,6-9,11H2,(H3,19,20,21,22,23). The Hall–Kier alpha value is -2.63. The monoisotopic (exact) mass is 323 g/mol. The lowest BCUT2D eigenvalue weighted by Crippen LogP contribution is -2.19. The molecule has 3 N–H and O–H groups in total. The van der Waals surface area contributed by atoms with Gasteiger partial charge in [0.2, 0.25) is 0 Å². The molecule has 0 saturated heterocycles. The van der Waals surface area contributed by atoms with Gasteiger partial charge in [0.15, 0.2) is 16.9 Å². The Morgan fingerprint density at radius 2 is 1.92 bits per heavy atom. The first-order valence-electron chi connectivity index (χ1n) is 8.44. The van der Waals surface area contributed by atoms with E-state index in [2.05, 4.69) is 50.7 Å². The topological polar surface area (TPSA) is 89.7 Å². The summed E-state index contributed by atoms with van der Waals surface area (Å²) in [6, 6.07) is 12.5. The molecule has 1 aliphatic rings. The number of aromatic amines is 1. The number of rotatable bonds is 4. The molecule has 4 rings (SSSR count). The summed E-state index contributed by atoms with van der Waals surface area (Å²) in [5, 5.41) is 10.5. The lowest BCUT2D eigenvalue weighted by atomic mass is 9.79. The number of hydrogen-bond acceptors (Lipinski definition) is 5. The molecule has 1 aromatic carbocycles. The second-order valence-electron chi connectivity index (χ2n) is 6.49. The lowest BCUT2D eigenvalue weighted by Gasteiger charge is -2.28. The summed E-state index contributed by atoms with van der Waals surface area (Å²) in [7, 11) is 0. The molecule has 24 heavy (non-hydrogen) atoms. The van der Waals surface area contributed by atoms with E-state index in [1.54, 1.807) is 6.07 Å². The van der Waals surface area contributed by atoms with Crippen molar-refractivity contribution in [2.45, 2.75) is 31.6 Å². The number of anilines is 1. The molecule has 6 heteroatoms. The van der Waals surface area contributed by atoms with Gasteiger partial charge in [-0.25, -0.2) is 10.1 Å². The number of H-pyrrole nitrogens is 1. The highest BCUT2D eigenvalue weighted by molar-refractivity contribution is 5.78. The van der Waals surface area contributed by atoms with Crippen LogP contribution in [0.15, 0.2) is 36.4 Å². The van der Waals surface area contributed by atoms with Gasteiger partial charge in [-0.05, 0) is 43.1 Å². The minimum atomic E-state index is 0.413. The minimum Gasteiger partial charge on any atom is -0.491 e. The average Bonchev–Trinajstić information content (AvgIpc) is 3.09. The Balaban J connectivity index is 1.36. The molecule has 2 aromatic heterocycles. The third-order valence-corrected chi connectivity index (χ3v) is 4.88. The van der Waals surface area contributed by atoms with E-state index < -0.39 is 0 Å². The van der Waals surface area contributed by atoms with Gasteiger partial charge < -0.3 is 10.5 Å². The molecule has 124 valence electrons. The molecule has 1 saturated carbocycles. The zero-order valence-corrected chi connectivity index (χ0v) is 13.5. The van der Waals surface area contributed by atoms with Crippen molar-refractivity contribution in [3.63, 3.8) is 0 Å². The summed E-state index contributed by atoms with van der Waals surface area (Å²) in [6.07, 6.45) is 4.80. The van der Waals surface area contributed by atoms with Crippen molar-refractivity contribution in [3.8, 4) is 5.75 Å². The Morgan fingerprint density at radius 3 is 2.71 bits per heavy atom. The maximum Gasteiger partial charge on any atom is 0.181 e. The number of aromatic nitrogens is 4. The number of nitrogens with two attached hydrogens (primary N) is 1. The van der Waals surface area contributed by atoms with Crippen LogP contribution in [0, 0.1) is 5.92 Å². The van der Waals surface area contributed by atoms with Gasteiger partial charge in [0.1, 0.15) is 5.82 Å². The SMILES string of the molecule is Nc1cc(OCC2CCC(c3ccccc3)CC2)c2nn[nH]c2n1. The fraction of sp³-hybridized carbons (Fsp3) is 0.389. The summed E-state index contributed by atoms with van der Waals surface area (Å²) >= 11 is 0. The summed E-state index contributed by atoms with van der Waals surface area (Å²) < 4.78 is 6.00. The van der Waals surface area contributed by atoms with Crippen molar-refractivity contribution >= 4 is 17.0 Å². The van der Waals surface area contributed by atoms with Gasteiger partial charge in [0.05, 0.1) is 6.61 Å². The summed E-state index contributed by atoms with van der Waals surface area (Å²) in [5.41, 5.74) is 8.48. The zero-order valence-electron chi connectivity index (χ0n) is 13.5. The Morgan fingerprint density at radius 1 is 1.12 bits per heavy atom. The molecule has 0 amide bonds. The first kappa shape index (κ1) is 14.9. The minimum absolute atomic E-state index is 0.413. The van der Waals surface area contributed by atoms with Crippen LogP contribution in [0.5, 0.6) is 5.75 Å². The smallest absolute Gasteiger partial charge is 0.181 e. The van der Waals surface area contributed by atoms with Gasteiger partial charge >= 0.3 is 0 Å². The molecule has 0 unspecified atom stereocenters. The highest BCUT2D eigenvalue weighted by Crippen LogP contribution is 2.36. The van der Waals surface area contributed by atoms with Crippen LogP contribution in [0.3, 0.4) is 0 Å². The maximum absolute atomic E-state index is 6.00. The predicted octanol–water partition coefficient (Wildman–Crippen LogP) is 3.29. The molecule has 2 heterocycles. The Labute approximate surface area is 140 Å². The van der Waals surface area contributed by atoms with E-state index >= 15 is 0 Å². The van der Waals surface area contributed by atoms with Crippen molar-refractivity contribution in [1.29, 1.82) is 0 Å². The second kappa shape index (κ2) is 6.47. The van der Waals surface area contributed by atoms with Crippen molar-refractivity contribution in [3.05, 3.63) is 42.0 Å². The molecule has 6 nitrogen and oxygen atoms in total. The summed E-state index contributed by atoms with van der Waals surface area (Å²) in [5.74, 6) is 2.33. The molecular formula is C18H21N5O. The first-order valence-corrected chi connectivity index (χ1v) is 8.44. The third-order valence-electron chi connectivity index (χ3n) is 4.88. The van der Waals surface area contributed by atoms with Crippen LogP contribution in [-0.2, 0) is 0 Å². The number of pyridine rings is 1. The van der Waals surface area contributed by atoms with Gasteiger partial charge in [0, 0.05) is 6.07 Å². The molecule has 3 aromatic rings. The zero-order chi connectivity index (χ0) is 16.4. The molecule has 1 fully saturated rings. The van der Waals surface area contributed by atoms with E-state index in [0.717, 1.165) is 0 Å². The van der Waals surface area contributed by atoms with Crippen LogP contribution in [-0.4, -0.2) is 27.0 Å². The van der Waals surface area contributed by atoms with Crippen molar-refractivity contribution in [2.75, 3.05) is 12.3 Å². The molecule has 1 aliphatic carbocycles. The van der Waals surface area contributed by atoms with Crippen LogP contribution in [0.2, 0.25) is 0 Å².